The molecule has 0 heterocycles. The second kappa shape index (κ2) is 7.96. The third kappa shape index (κ3) is 5.55. The molecule has 0 spiro atoms. The molecule has 3 N–H and O–H groups in total. The zero-order valence-electron chi connectivity index (χ0n) is 13.1. The largest absolute Gasteiger partial charge is 0.416 e. The highest BCUT2D eigenvalue weighted by Crippen LogP contribution is 2.35. The molecule has 23 heavy (non-hydrogen) atoms. The van der Waals surface area contributed by atoms with E-state index in [9.17, 15) is 22.8 Å². The average Bonchev–Trinajstić information content (AvgIpc) is 2.50. The minimum Gasteiger partial charge on any atom is -0.341 e. The Morgan fingerprint density at radius 2 is 1.78 bits per heavy atom. The van der Waals surface area contributed by atoms with Crippen LogP contribution in [0.4, 0.5) is 18.0 Å². The van der Waals surface area contributed by atoms with E-state index >= 15 is 0 Å². The number of nitrogens with one attached hydrogen (secondary N) is 3. The molecule has 1 aromatic rings. The molecule has 8 heteroatoms. The summed E-state index contributed by atoms with van der Waals surface area (Å²) in [5.41, 5.74) is -0.525. The monoisotopic (exact) mass is 331 g/mol. The van der Waals surface area contributed by atoms with Crippen molar-refractivity contribution in [2.45, 2.75) is 32.0 Å². The zero-order valence-corrected chi connectivity index (χ0v) is 13.1. The maximum Gasteiger partial charge on any atom is 0.416 e. The van der Waals surface area contributed by atoms with Crippen LogP contribution >= 0.6 is 0 Å². The Hall–Kier alpha value is -2.09. The number of hydrogen-bond donors (Lipinski definition) is 3. The van der Waals surface area contributed by atoms with E-state index in [4.69, 9.17) is 0 Å². The van der Waals surface area contributed by atoms with Crippen molar-refractivity contribution in [2.75, 3.05) is 13.6 Å². The fraction of sp³-hybridized carbons (Fsp3) is 0.467. The van der Waals surface area contributed by atoms with Crippen molar-refractivity contribution in [1.82, 2.24) is 16.0 Å². The van der Waals surface area contributed by atoms with Crippen molar-refractivity contribution in [3.63, 3.8) is 0 Å². The van der Waals surface area contributed by atoms with Gasteiger partial charge in [-0.2, -0.15) is 13.2 Å². The van der Waals surface area contributed by atoms with Crippen LogP contribution < -0.4 is 16.0 Å². The molecule has 0 saturated heterocycles. The quantitative estimate of drug-likeness (QED) is 0.775. The molecule has 1 aromatic carbocycles. The lowest BCUT2D eigenvalue weighted by atomic mass is 9.90. The van der Waals surface area contributed by atoms with Crippen LogP contribution in [0.2, 0.25) is 0 Å². The molecule has 0 aliphatic heterocycles. The highest BCUT2D eigenvalue weighted by Gasteiger charge is 2.34. The number of carbonyl (C=O) groups is 2. The van der Waals surface area contributed by atoms with E-state index in [1.165, 1.54) is 19.2 Å². The Morgan fingerprint density at radius 1 is 1.17 bits per heavy atom. The molecule has 0 aliphatic rings. The van der Waals surface area contributed by atoms with Crippen LogP contribution in [0.3, 0.4) is 0 Å². The number of carbonyl (C=O) groups excluding carboxylic acids is 2. The van der Waals surface area contributed by atoms with Crippen molar-refractivity contribution in [3.05, 3.63) is 35.4 Å². The van der Waals surface area contributed by atoms with E-state index in [1.807, 2.05) is 0 Å². The van der Waals surface area contributed by atoms with Crippen LogP contribution in [0, 0.1) is 0 Å². The van der Waals surface area contributed by atoms with Gasteiger partial charge >= 0.3 is 12.2 Å². The van der Waals surface area contributed by atoms with Gasteiger partial charge in [-0.25, -0.2) is 4.79 Å². The molecule has 0 bridgehead atoms. The second-order valence-electron chi connectivity index (χ2n) is 5.17. The molecular formula is C15H20F3N3O2. The van der Waals surface area contributed by atoms with Crippen molar-refractivity contribution < 1.29 is 22.8 Å². The maximum absolute atomic E-state index is 13.0. The van der Waals surface area contributed by atoms with E-state index < -0.39 is 35.6 Å². The van der Waals surface area contributed by atoms with E-state index in [-0.39, 0.29) is 12.1 Å². The summed E-state index contributed by atoms with van der Waals surface area (Å²) in [6.45, 7) is 3.16. The number of urea groups is 1. The number of alkyl halides is 3. The molecule has 0 saturated carbocycles. The molecule has 2 unspecified atom stereocenters. The van der Waals surface area contributed by atoms with Crippen LogP contribution in [0.25, 0.3) is 0 Å². The minimum atomic E-state index is -4.43. The molecule has 1 rings (SSSR count). The van der Waals surface area contributed by atoms with Crippen LogP contribution in [0.1, 0.15) is 30.9 Å². The smallest absolute Gasteiger partial charge is 0.341 e. The first-order valence-corrected chi connectivity index (χ1v) is 7.08. The number of hydrogen-bond acceptors (Lipinski definition) is 3. The molecule has 0 fully saturated rings. The van der Waals surface area contributed by atoms with Gasteiger partial charge in [-0.3, -0.25) is 10.1 Å². The Morgan fingerprint density at radius 3 is 2.35 bits per heavy atom. The normalized spacial score (nSPS) is 14.0. The molecule has 0 aliphatic carbocycles. The summed E-state index contributed by atoms with van der Waals surface area (Å²) >= 11 is 0. The van der Waals surface area contributed by atoms with Gasteiger partial charge in [0.05, 0.1) is 12.1 Å². The lowest BCUT2D eigenvalue weighted by molar-refractivity contribution is -0.138. The SMILES string of the molecule is CNC(=O)NC(=O)CNC(C)C(C)c1ccccc1C(F)(F)F. The molecule has 5 nitrogen and oxygen atoms in total. The summed E-state index contributed by atoms with van der Waals surface area (Å²) in [5, 5.41) is 7.13. The lowest BCUT2D eigenvalue weighted by Crippen LogP contribution is -2.44. The number of halogens is 3. The van der Waals surface area contributed by atoms with Crippen LogP contribution in [0.15, 0.2) is 24.3 Å². The van der Waals surface area contributed by atoms with Gasteiger partial charge in [-0.1, -0.05) is 25.1 Å². The summed E-state index contributed by atoms with van der Waals surface area (Å²) in [4.78, 5) is 22.5. The average molecular weight is 331 g/mol. The number of benzene rings is 1. The Kier molecular flexibility index (Phi) is 6.56. The highest BCUT2D eigenvalue weighted by molar-refractivity contribution is 5.95. The van der Waals surface area contributed by atoms with Gasteiger partial charge in [0.2, 0.25) is 5.91 Å². The Labute approximate surface area is 132 Å². The lowest BCUT2D eigenvalue weighted by Gasteiger charge is -2.24. The molecule has 2 atom stereocenters. The number of imide groups is 1. The van der Waals surface area contributed by atoms with E-state index in [0.717, 1.165) is 6.07 Å². The van der Waals surface area contributed by atoms with Crippen molar-refractivity contribution >= 4 is 11.9 Å². The van der Waals surface area contributed by atoms with Crippen molar-refractivity contribution in [2.24, 2.45) is 0 Å². The third-order valence-electron chi connectivity index (χ3n) is 3.57. The second-order valence-corrected chi connectivity index (χ2v) is 5.17. The first-order valence-electron chi connectivity index (χ1n) is 7.08. The fourth-order valence-corrected chi connectivity index (χ4v) is 2.09. The Bertz CT molecular complexity index is 561. The first kappa shape index (κ1) is 19.0. The maximum atomic E-state index is 13.0. The number of rotatable bonds is 5. The summed E-state index contributed by atoms with van der Waals surface area (Å²) in [6.07, 6.45) is -4.43. The van der Waals surface area contributed by atoms with Gasteiger partial charge < -0.3 is 10.6 Å². The molecular weight excluding hydrogens is 311 g/mol. The highest BCUT2D eigenvalue weighted by atomic mass is 19.4. The van der Waals surface area contributed by atoms with Crippen LogP contribution in [-0.4, -0.2) is 31.6 Å². The fourth-order valence-electron chi connectivity index (χ4n) is 2.09. The first-order chi connectivity index (χ1) is 10.7. The standard InChI is InChI=1S/C15H20F3N3O2/c1-9(10(2)20-8-13(22)21-14(23)19-3)11-6-4-5-7-12(11)15(16,17)18/h4-7,9-10,20H,8H2,1-3H3,(H2,19,21,22,23). The third-order valence-corrected chi connectivity index (χ3v) is 3.57. The predicted molar refractivity (Wildman–Crippen MR) is 79.9 cm³/mol. The summed E-state index contributed by atoms with van der Waals surface area (Å²) in [6, 6.07) is 4.32. The topological polar surface area (TPSA) is 70.2 Å². The minimum absolute atomic E-state index is 0.159. The molecule has 0 aromatic heterocycles. The van der Waals surface area contributed by atoms with Gasteiger partial charge in [0.25, 0.3) is 0 Å². The Balaban J connectivity index is 2.73. The summed E-state index contributed by atoms with van der Waals surface area (Å²) < 4.78 is 39.1. The van der Waals surface area contributed by atoms with Crippen LogP contribution in [-0.2, 0) is 11.0 Å². The van der Waals surface area contributed by atoms with Gasteiger partial charge in [0.1, 0.15) is 0 Å². The molecule has 128 valence electrons. The summed E-state index contributed by atoms with van der Waals surface area (Å²) in [5.74, 6) is -1.03. The number of amides is 3. The van der Waals surface area contributed by atoms with Crippen molar-refractivity contribution in [3.8, 4) is 0 Å². The summed E-state index contributed by atoms with van der Waals surface area (Å²) in [7, 11) is 1.37. The molecule has 0 radical (unpaired) electrons. The van der Waals surface area contributed by atoms with Crippen molar-refractivity contribution in [1.29, 1.82) is 0 Å². The molecule has 3 amide bonds. The van der Waals surface area contributed by atoms with E-state index in [2.05, 4.69) is 16.0 Å². The van der Waals surface area contributed by atoms with Gasteiger partial charge in [0, 0.05) is 13.1 Å². The van der Waals surface area contributed by atoms with Gasteiger partial charge in [0.15, 0.2) is 0 Å². The van der Waals surface area contributed by atoms with Crippen LogP contribution in [0.5, 0.6) is 0 Å². The van der Waals surface area contributed by atoms with E-state index in [1.54, 1.807) is 19.9 Å². The zero-order chi connectivity index (χ0) is 17.6. The van der Waals surface area contributed by atoms with Gasteiger partial charge in [-0.15, -0.1) is 0 Å². The van der Waals surface area contributed by atoms with Gasteiger partial charge in [-0.05, 0) is 24.5 Å². The van der Waals surface area contributed by atoms with E-state index in [0.29, 0.717) is 0 Å². The predicted octanol–water partition coefficient (Wildman–Crippen LogP) is 2.24.